The highest BCUT2D eigenvalue weighted by molar-refractivity contribution is 14.0. The van der Waals surface area contributed by atoms with Gasteiger partial charge in [-0.15, -0.1) is 24.0 Å². The Labute approximate surface area is 184 Å². The molecule has 1 aromatic carbocycles. The summed E-state index contributed by atoms with van der Waals surface area (Å²) in [6.45, 7) is 5.55. The van der Waals surface area contributed by atoms with E-state index in [0.29, 0.717) is 11.8 Å². The third-order valence-electron chi connectivity index (χ3n) is 4.81. The summed E-state index contributed by atoms with van der Waals surface area (Å²) >= 11 is 0. The normalized spacial score (nSPS) is 16.7. The molecule has 2 aromatic rings. The highest BCUT2D eigenvalue weighted by Crippen LogP contribution is 2.18. The summed E-state index contributed by atoms with van der Waals surface area (Å²) in [5.74, 6) is 2.84. The van der Waals surface area contributed by atoms with Crippen LogP contribution in [0.25, 0.3) is 11.5 Å². The summed E-state index contributed by atoms with van der Waals surface area (Å²) in [6, 6.07) is 8.27. The zero-order chi connectivity index (χ0) is 19.1. The maximum Gasteiger partial charge on any atom is 0.257 e. The Morgan fingerprint density at radius 3 is 2.71 bits per heavy atom. The number of hydrogen-bond acceptors (Lipinski definition) is 5. The number of benzene rings is 1. The van der Waals surface area contributed by atoms with Crippen molar-refractivity contribution < 1.29 is 9.26 Å². The number of nitrogens with one attached hydrogen (secondary N) is 1. The van der Waals surface area contributed by atoms with Gasteiger partial charge in [-0.05, 0) is 30.5 Å². The molecule has 1 unspecified atom stereocenters. The molecule has 1 fully saturated rings. The van der Waals surface area contributed by atoms with Crippen LogP contribution >= 0.6 is 24.0 Å². The van der Waals surface area contributed by atoms with Crippen molar-refractivity contribution >= 4 is 29.9 Å². The predicted octanol–water partition coefficient (Wildman–Crippen LogP) is 3.00. The van der Waals surface area contributed by atoms with Crippen LogP contribution < -0.4 is 5.32 Å². The van der Waals surface area contributed by atoms with Gasteiger partial charge in [-0.2, -0.15) is 4.98 Å². The van der Waals surface area contributed by atoms with Crippen LogP contribution in [0.2, 0.25) is 0 Å². The maximum atomic E-state index is 5.46. The molecule has 7 nitrogen and oxygen atoms in total. The van der Waals surface area contributed by atoms with E-state index in [1.54, 1.807) is 0 Å². The molecule has 3 rings (SSSR count). The van der Waals surface area contributed by atoms with Gasteiger partial charge in [0.1, 0.15) is 0 Å². The molecule has 0 amide bonds. The molecule has 28 heavy (non-hydrogen) atoms. The Hall–Kier alpha value is -1.68. The highest BCUT2D eigenvalue weighted by atomic mass is 127. The fraction of sp³-hybridized carbons (Fsp3) is 0.550. The first-order chi connectivity index (χ1) is 13.2. The Morgan fingerprint density at radius 1 is 1.32 bits per heavy atom. The molecule has 1 aromatic heterocycles. The van der Waals surface area contributed by atoms with Crippen molar-refractivity contribution in [2.24, 2.45) is 10.9 Å². The van der Waals surface area contributed by atoms with Gasteiger partial charge in [0.2, 0.25) is 0 Å². The van der Waals surface area contributed by atoms with E-state index >= 15 is 0 Å². The first-order valence-electron chi connectivity index (χ1n) is 9.61. The van der Waals surface area contributed by atoms with E-state index in [0.717, 1.165) is 62.9 Å². The summed E-state index contributed by atoms with van der Waals surface area (Å²) in [5.41, 5.74) is 2.21. The minimum Gasteiger partial charge on any atom is -0.381 e. The van der Waals surface area contributed by atoms with Gasteiger partial charge in [0, 0.05) is 51.7 Å². The van der Waals surface area contributed by atoms with E-state index in [2.05, 4.69) is 44.5 Å². The van der Waals surface area contributed by atoms with Crippen LogP contribution in [0.3, 0.4) is 0 Å². The number of guanidine groups is 1. The number of hydrogen-bond donors (Lipinski definition) is 1. The van der Waals surface area contributed by atoms with Gasteiger partial charge in [-0.25, -0.2) is 0 Å². The third-order valence-corrected chi connectivity index (χ3v) is 4.81. The molecular formula is C20H30IN5O2. The molecular weight excluding hydrogens is 469 g/mol. The molecule has 2 heterocycles. The minimum atomic E-state index is 0. The Kier molecular flexibility index (Phi) is 9.17. The minimum absolute atomic E-state index is 0. The number of rotatable bonds is 7. The Bertz CT molecular complexity index is 741. The average Bonchev–Trinajstić information content (AvgIpc) is 3.37. The van der Waals surface area contributed by atoms with Gasteiger partial charge < -0.3 is 19.5 Å². The quantitative estimate of drug-likeness (QED) is 0.359. The first-order valence-corrected chi connectivity index (χ1v) is 9.61. The monoisotopic (exact) mass is 499 g/mol. The largest absolute Gasteiger partial charge is 0.381 e. The molecule has 0 radical (unpaired) electrons. The molecule has 0 saturated carbocycles. The van der Waals surface area contributed by atoms with E-state index in [1.165, 1.54) is 5.56 Å². The van der Waals surface area contributed by atoms with Crippen LogP contribution in [0.5, 0.6) is 0 Å². The first kappa shape index (κ1) is 22.6. The van der Waals surface area contributed by atoms with Gasteiger partial charge in [-0.3, -0.25) is 4.99 Å². The summed E-state index contributed by atoms with van der Waals surface area (Å²) in [6.07, 6.45) is 2.83. The summed E-state index contributed by atoms with van der Waals surface area (Å²) in [4.78, 5) is 10.9. The molecule has 0 aliphatic carbocycles. The maximum absolute atomic E-state index is 5.46. The van der Waals surface area contributed by atoms with E-state index < -0.39 is 0 Å². The highest BCUT2D eigenvalue weighted by Gasteiger charge is 2.18. The smallest absolute Gasteiger partial charge is 0.257 e. The Balaban J connectivity index is 0.00000280. The lowest BCUT2D eigenvalue weighted by molar-refractivity contribution is 0.181. The van der Waals surface area contributed by atoms with Crippen LogP contribution in [0.4, 0.5) is 0 Å². The summed E-state index contributed by atoms with van der Waals surface area (Å²) in [5, 5.41) is 7.39. The van der Waals surface area contributed by atoms with E-state index in [-0.39, 0.29) is 24.0 Å². The number of aliphatic imine (C=N–C) groups is 1. The lowest BCUT2D eigenvalue weighted by Crippen LogP contribution is -2.42. The fourth-order valence-corrected chi connectivity index (χ4v) is 3.23. The molecule has 1 saturated heterocycles. The van der Waals surface area contributed by atoms with Crippen LogP contribution in [0.1, 0.15) is 24.7 Å². The molecule has 1 N–H and O–H groups in total. The van der Waals surface area contributed by atoms with Crippen LogP contribution in [-0.2, 0) is 17.6 Å². The lowest BCUT2D eigenvalue weighted by atomic mass is 10.1. The zero-order valence-electron chi connectivity index (χ0n) is 16.9. The van der Waals surface area contributed by atoms with Gasteiger partial charge in [0.05, 0.1) is 6.61 Å². The topological polar surface area (TPSA) is 75.8 Å². The summed E-state index contributed by atoms with van der Waals surface area (Å²) < 4.78 is 10.7. The van der Waals surface area contributed by atoms with Crippen molar-refractivity contribution in [3.8, 4) is 11.5 Å². The van der Waals surface area contributed by atoms with Crippen molar-refractivity contribution in [1.82, 2.24) is 20.4 Å². The number of ether oxygens (including phenoxy) is 1. The number of nitrogens with zero attached hydrogens (tertiary/aromatic N) is 4. The zero-order valence-corrected chi connectivity index (χ0v) is 19.2. The van der Waals surface area contributed by atoms with E-state index in [9.17, 15) is 0 Å². The van der Waals surface area contributed by atoms with Gasteiger partial charge >= 0.3 is 0 Å². The van der Waals surface area contributed by atoms with Gasteiger partial charge in [0.25, 0.3) is 5.89 Å². The molecule has 1 aliphatic rings. The van der Waals surface area contributed by atoms with E-state index in [4.69, 9.17) is 9.26 Å². The average molecular weight is 499 g/mol. The molecule has 0 spiro atoms. The van der Waals surface area contributed by atoms with E-state index in [1.807, 2.05) is 26.1 Å². The van der Waals surface area contributed by atoms with Crippen LogP contribution in [-0.4, -0.2) is 61.4 Å². The van der Waals surface area contributed by atoms with Gasteiger partial charge in [-0.1, -0.05) is 24.2 Å². The van der Waals surface area contributed by atoms with Crippen molar-refractivity contribution in [2.75, 3.05) is 40.4 Å². The summed E-state index contributed by atoms with van der Waals surface area (Å²) in [7, 11) is 3.91. The number of halogens is 1. The molecule has 8 heteroatoms. The molecule has 1 aliphatic heterocycles. The van der Waals surface area contributed by atoms with Crippen molar-refractivity contribution in [2.45, 2.75) is 26.2 Å². The van der Waals surface area contributed by atoms with Crippen LogP contribution in [0, 0.1) is 5.92 Å². The third kappa shape index (κ3) is 6.16. The second-order valence-corrected chi connectivity index (χ2v) is 6.90. The fourth-order valence-electron chi connectivity index (χ4n) is 3.23. The SMILES string of the molecule is CCc1noc(-c2ccc(CCNC(=NC)N(C)CC3CCOC3)cc2)n1.I. The second-order valence-electron chi connectivity index (χ2n) is 6.90. The number of aromatic nitrogens is 2. The molecule has 1 atom stereocenters. The molecule has 0 bridgehead atoms. The predicted molar refractivity (Wildman–Crippen MR) is 121 cm³/mol. The standard InChI is InChI=1S/C20H29N5O2.HI/c1-4-18-23-19(27-24-18)17-7-5-15(6-8-17)9-11-22-20(21-2)25(3)13-16-10-12-26-14-16;/h5-8,16H,4,9-14H2,1-3H3,(H,21,22);1H. The number of aryl methyl sites for hydroxylation is 1. The Morgan fingerprint density at radius 2 is 2.11 bits per heavy atom. The van der Waals surface area contributed by atoms with Crippen molar-refractivity contribution in [1.29, 1.82) is 0 Å². The second kappa shape index (κ2) is 11.4. The van der Waals surface area contributed by atoms with Gasteiger partial charge in [0.15, 0.2) is 11.8 Å². The van der Waals surface area contributed by atoms with Crippen LogP contribution in [0.15, 0.2) is 33.8 Å². The van der Waals surface area contributed by atoms with Crippen molar-refractivity contribution in [3.63, 3.8) is 0 Å². The molecule has 154 valence electrons. The lowest BCUT2D eigenvalue weighted by Gasteiger charge is -2.24. The van der Waals surface area contributed by atoms with Crippen molar-refractivity contribution in [3.05, 3.63) is 35.7 Å².